The SMILES string of the molecule is O=c1oc2cccc(O)c2c2ccccc12. The topological polar surface area (TPSA) is 50.4 Å². The lowest BCUT2D eigenvalue weighted by Crippen LogP contribution is -1.99. The number of hydrogen-bond acceptors (Lipinski definition) is 3. The Morgan fingerprint density at radius 3 is 2.50 bits per heavy atom. The van der Waals surface area contributed by atoms with Crippen molar-refractivity contribution in [3.05, 3.63) is 52.9 Å². The first-order chi connectivity index (χ1) is 7.77. The molecule has 1 heterocycles. The van der Waals surface area contributed by atoms with Gasteiger partial charge in [-0.05, 0) is 18.2 Å². The van der Waals surface area contributed by atoms with Gasteiger partial charge >= 0.3 is 5.63 Å². The molecule has 0 saturated carbocycles. The summed E-state index contributed by atoms with van der Waals surface area (Å²) in [5, 5.41) is 11.6. The van der Waals surface area contributed by atoms with E-state index >= 15 is 0 Å². The standard InChI is InChI=1S/C13H8O3/c14-10-6-3-7-11-12(10)8-4-1-2-5-9(8)13(15)16-11/h1-7,14H. The molecule has 0 spiro atoms. The number of phenols is 1. The third-order valence-corrected chi connectivity index (χ3v) is 2.62. The number of fused-ring (bicyclic) bond motifs is 3. The van der Waals surface area contributed by atoms with E-state index in [1.165, 1.54) is 0 Å². The van der Waals surface area contributed by atoms with Crippen LogP contribution in [0.25, 0.3) is 21.7 Å². The first-order valence-electron chi connectivity index (χ1n) is 4.91. The Bertz CT molecular complexity index is 741. The Labute approximate surface area is 90.6 Å². The van der Waals surface area contributed by atoms with Crippen LogP contribution in [0.5, 0.6) is 5.75 Å². The van der Waals surface area contributed by atoms with Crippen molar-refractivity contribution in [2.75, 3.05) is 0 Å². The summed E-state index contributed by atoms with van der Waals surface area (Å²) in [6.07, 6.45) is 0. The molecular weight excluding hydrogens is 204 g/mol. The van der Waals surface area contributed by atoms with Gasteiger partial charge in [0.2, 0.25) is 0 Å². The zero-order valence-corrected chi connectivity index (χ0v) is 8.31. The molecule has 0 aliphatic rings. The van der Waals surface area contributed by atoms with Crippen molar-refractivity contribution in [2.45, 2.75) is 0 Å². The summed E-state index contributed by atoms with van der Waals surface area (Å²) in [5.41, 5.74) is 0.0254. The van der Waals surface area contributed by atoms with Gasteiger partial charge in [0.05, 0.1) is 10.8 Å². The highest BCUT2D eigenvalue weighted by atomic mass is 16.4. The van der Waals surface area contributed by atoms with Crippen LogP contribution in [0, 0.1) is 0 Å². The molecule has 0 atom stereocenters. The molecule has 2 aromatic carbocycles. The predicted molar refractivity (Wildman–Crippen MR) is 61.7 cm³/mol. The fourth-order valence-corrected chi connectivity index (χ4v) is 1.91. The molecule has 0 unspecified atom stereocenters. The maximum absolute atomic E-state index is 11.7. The predicted octanol–water partition coefficient (Wildman–Crippen LogP) is 2.65. The molecule has 78 valence electrons. The van der Waals surface area contributed by atoms with E-state index in [2.05, 4.69) is 0 Å². The molecule has 3 aromatic rings. The highest BCUT2D eigenvalue weighted by molar-refractivity contribution is 6.07. The summed E-state index contributed by atoms with van der Waals surface area (Å²) in [6.45, 7) is 0. The molecule has 3 rings (SSSR count). The zero-order valence-electron chi connectivity index (χ0n) is 8.31. The molecule has 0 bridgehead atoms. The molecule has 1 N–H and O–H groups in total. The number of rotatable bonds is 0. The second-order valence-corrected chi connectivity index (χ2v) is 3.59. The molecule has 0 aliphatic heterocycles. The molecule has 1 aromatic heterocycles. The van der Waals surface area contributed by atoms with Crippen LogP contribution in [0.3, 0.4) is 0 Å². The van der Waals surface area contributed by atoms with Crippen molar-refractivity contribution in [3.8, 4) is 5.75 Å². The van der Waals surface area contributed by atoms with E-state index in [9.17, 15) is 9.90 Å². The second-order valence-electron chi connectivity index (χ2n) is 3.59. The lowest BCUT2D eigenvalue weighted by Gasteiger charge is -2.03. The number of benzene rings is 2. The van der Waals surface area contributed by atoms with Crippen LogP contribution in [-0.4, -0.2) is 5.11 Å². The van der Waals surface area contributed by atoms with Gasteiger partial charge in [0.1, 0.15) is 11.3 Å². The third-order valence-electron chi connectivity index (χ3n) is 2.62. The maximum atomic E-state index is 11.7. The molecule has 0 fully saturated rings. The molecule has 0 saturated heterocycles. The van der Waals surface area contributed by atoms with E-state index < -0.39 is 0 Å². The third kappa shape index (κ3) is 1.11. The Hall–Kier alpha value is -2.29. The monoisotopic (exact) mass is 212 g/mol. The van der Waals surface area contributed by atoms with Crippen LogP contribution < -0.4 is 5.63 Å². The minimum absolute atomic E-state index is 0.123. The van der Waals surface area contributed by atoms with Crippen molar-refractivity contribution in [3.63, 3.8) is 0 Å². The largest absolute Gasteiger partial charge is 0.507 e. The van der Waals surface area contributed by atoms with Crippen LogP contribution in [0.1, 0.15) is 0 Å². The Kier molecular flexibility index (Phi) is 1.74. The van der Waals surface area contributed by atoms with Gasteiger partial charge in [0.15, 0.2) is 0 Å². The minimum Gasteiger partial charge on any atom is -0.507 e. The van der Waals surface area contributed by atoms with Gasteiger partial charge in [-0.15, -0.1) is 0 Å². The first kappa shape index (κ1) is 8.97. The van der Waals surface area contributed by atoms with Gasteiger partial charge in [0.25, 0.3) is 0 Å². The Morgan fingerprint density at radius 1 is 0.938 bits per heavy atom. The van der Waals surface area contributed by atoms with E-state index in [1.54, 1.807) is 36.4 Å². The van der Waals surface area contributed by atoms with Crippen molar-refractivity contribution in [1.82, 2.24) is 0 Å². The lowest BCUT2D eigenvalue weighted by molar-refractivity contribution is 0.480. The summed E-state index contributed by atoms with van der Waals surface area (Å²) >= 11 is 0. The highest BCUT2D eigenvalue weighted by Gasteiger charge is 2.09. The molecule has 0 amide bonds. The average molecular weight is 212 g/mol. The normalized spacial score (nSPS) is 11.0. The molecule has 3 heteroatoms. The minimum atomic E-state index is -0.381. The molecule has 0 aliphatic carbocycles. The van der Waals surface area contributed by atoms with Crippen molar-refractivity contribution in [1.29, 1.82) is 0 Å². The van der Waals surface area contributed by atoms with E-state index in [0.29, 0.717) is 21.7 Å². The quantitative estimate of drug-likeness (QED) is 0.460. The van der Waals surface area contributed by atoms with Gasteiger partial charge in [-0.3, -0.25) is 0 Å². The van der Waals surface area contributed by atoms with Gasteiger partial charge in [-0.1, -0.05) is 24.3 Å². The first-order valence-corrected chi connectivity index (χ1v) is 4.91. The van der Waals surface area contributed by atoms with Crippen molar-refractivity contribution >= 4 is 21.7 Å². The molecule has 16 heavy (non-hydrogen) atoms. The van der Waals surface area contributed by atoms with Crippen LogP contribution >= 0.6 is 0 Å². The second kappa shape index (κ2) is 3.10. The number of hydrogen-bond donors (Lipinski definition) is 1. The van der Waals surface area contributed by atoms with Crippen LogP contribution in [-0.2, 0) is 0 Å². The van der Waals surface area contributed by atoms with Crippen LogP contribution in [0.15, 0.2) is 51.7 Å². The number of phenolic OH excluding ortho intramolecular Hbond substituents is 1. The summed E-state index contributed by atoms with van der Waals surface area (Å²) in [4.78, 5) is 11.7. The smallest absolute Gasteiger partial charge is 0.344 e. The van der Waals surface area contributed by atoms with E-state index in [1.807, 2.05) is 6.07 Å². The molecule has 3 nitrogen and oxygen atoms in total. The maximum Gasteiger partial charge on any atom is 0.344 e. The van der Waals surface area contributed by atoms with E-state index in [-0.39, 0.29) is 11.4 Å². The van der Waals surface area contributed by atoms with Gasteiger partial charge in [0, 0.05) is 5.39 Å². The van der Waals surface area contributed by atoms with Crippen molar-refractivity contribution < 1.29 is 9.52 Å². The lowest BCUT2D eigenvalue weighted by atomic mass is 10.1. The van der Waals surface area contributed by atoms with Gasteiger partial charge in [-0.25, -0.2) is 4.79 Å². The Morgan fingerprint density at radius 2 is 1.69 bits per heavy atom. The average Bonchev–Trinajstić information content (AvgIpc) is 2.29. The summed E-state index contributed by atoms with van der Waals surface area (Å²) in [7, 11) is 0. The Balaban J connectivity index is 2.72. The molecule has 0 radical (unpaired) electrons. The summed E-state index contributed by atoms with van der Waals surface area (Å²) in [6, 6.07) is 12.0. The van der Waals surface area contributed by atoms with Gasteiger partial charge in [-0.2, -0.15) is 0 Å². The molecular formula is C13H8O3. The number of aromatic hydroxyl groups is 1. The van der Waals surface area contributed by atoms with Crippen LogP contribution in [0.4, 0.5) is 0 Å². The highest BCUT2D eigenvalue weighted by Crippen LogP contribution is 2.29. The van der Waals surface area contributed by atoms with E-state index in [0.717, 1.165) is 0 Å². The van der Waals surface area contributed by atoms with Gasteiger partial charge < -0.3 is 9.52 Å². The van der Waals surface area contributed by atoms with Crippen LogP contribution in [0.2, 0.25) is 0 Å². The van der Waals surface area contributed by atoms with Crippen molar-refractivity contribution in [2.24, 2.45) is 0 Å². The fourth-order valence-electron chi connectivity index (χ4n) is 1.91. The summed E-state index contributed by atoms with van der Waals surface area (Å²) in [5.74, 6) is 0.123. The van der Waals surface area contributed by atoms with E-state index in [4.69, 9.17) is 4.42 Å². The summed E-state index contributed by atoms with van der Waals surface area (Å²) < 4.78 is 5.14. The fraction of sp³-hybridized carbons (Fsp3) is 0. The zero-order chi connectivity index (χ0) is 11.1.